The van der Waals surface area contributed by atoms with E-state index in [9.17, 15) is 0 Å². The molecule has 4 nitrogen and oxygen atoms in total. The summed E-state index contributed by atoms with van der Waals surface area (Å²) in [5, 5.41) is 13.4. The number of aryl methyl sites for hydroxylation is 2. The zero-order chi connectivity index (χ0) is 8.72. The molecule has 12 heavy (non-hydrogen) atoms. The second kappa shape index (κ2) is 2.20. The summed E-state index contributed by atoms with van der Waals surface area (Å²) < 4.78 is 1.70. The molecule has 4 heteroatoms. The Hall–Kier alpha value is -1.58. The lowest BCUT2D eigenvalue weighted by Crippen LogP contribution is -1.94. The fraction of sp³-hybridized carbons (Fsp3) is 0.250. The number of rotatable bonds is 0. The van der Waals surface area contributed by atoms with Crippen molar-refractivity contribution in [3.63, 3.8) is 0 Å². The van der Waals surface area contributed by atoms with Crippen LogP contribution in [0, 0.1) is 13.8 Å². The fourth-order valence-corrected chi connectivity index (χ4v) is 1.22. The summed E-state index contributed by atoms with van der Waals surface area (Å²) in [6, 6.07) is 3.41. The summed E-state index contributed by atoms with van der Waals surface area (Å²) >= 11 is 0. The molecule has 2 heterocycles. The Kier molecular flexibility index (Phi) is 1.30. The van der Waals surface area contributed by atoms with Gasteiger partial charge in [0.2, 0.25) is 5.88 Å². The zero-order valence-electron chi connectivity index (χ0n) is 6.94. The lowest BCUT2D eigenvalue weighted by Gasteiger charge is -1.97. The second-order valence-electron chi connectivity index (χ2n) is 2.81. The highest BCUT2D eigenvalue weighted by atomic mass is 16.3. The van der Waals surface area contributed by atoms with Crippen LogP contribution in [0.5, 0.6) is 5.88 Å². The van der Waals surface area contributed by atoms with Gasteiger partial charge in [0.1, 0.15) is 0 Å². The highest BCUT2D eigenvalue weighted by Crippen LogP contribution is 2.11. The number of aromatic nitrogens is 3. The first-order valence-electron chi connectivity index (χ1n) is 3.70. The van der Waals surface area contributed by atoms with Crippen molar-refractivity contribution >= 4 is 5.65 Å². The predicted molar refractivity (Wildman–Crippen MR) is 44.1 cm³/mol. The average molecular weight is 163 g/mol. The Morgan fingerprint density at radius 1 is 1.33 bits per heavy atom. The molecule has 0 fully saturated rings. The van der Waals surface area contributed by atoms with Crippen molar-refractivity contribution in [2.24, 2.45) is 0 Å². The van der Waals surface area contributed by atoms with E-state index in [4.69, 9.17) is 5.11 Å². The van der Waals surface area contributed by atoms with Crippen LogP contribution in [0.2, 0.25) is 0 Å². The molecule has 2 aromatic rings. The van der Waals surface area contributed by atoms with Crippen molar-refractivity contribution in [1.29, 1.82) is 0 Å². The Balaban J connectivity index is 2.88. The molecule has 0 unspecified atom stereocenters. The number of fused-ring (bicyclic) bond motifs is 1. The second-order valence-corrected chi connectivity index (χ2v) is 2.81. The van der Waals surface area contributed by atoms with Crippen molar-refractivity contribution < 1.29 is 5.11 Å². The molecule has 0 aliphatic heterocycles. The van der Waals surface area contributed by atoms with E-state index >= 15 is 0 Å². The minimum atomic E-state index is 0.0416. The van der Waals surface area contributed by atoms with Crippen molar-refractivity contribution in [1.82, 2.24) is 14.6 Å². The Labute approximate surface area is 69.5 Å². The molecular weight excluding hydrogens is 154 g/mol. The smallest absolute Gasteiger partial charge is 0.214 e. The Bertz CT molecular complexity index is 433. The van der Waals surface area contributed by atoms with E-state index in [1.54, 1.807) is 10.6 Å². The van der Waals surface area contributed by atoms with E-state index in [0.717, 1.165) is 11.4 Å². The van der Waals surface area contributed by atoms with Gasteiger partial charge >= 0.3 is 0 Å². The van der Waals surface area contributed by atoms with Crippen molar-refractivity contribution in [2.45, 2.75) is 13.8 Å². The van der Waals surface area contributed by atoms with Crippen LogP contribution >= 0.6 is 0 Å². The zero-order valence-corrected chi connectivity index (χ0v) is 6.94. The van der Waals surface area contributed by atoms with E-state index in [0.29, 0.717) is 5.65 Å². The van der Waals surface area contributed by atoms with Crippen LogP contribution in [-0.2, 0) is 0 Å². The molecule has 0 aliphatic rings. The molecular formula is C8H9N3O. The van der Waals surface area contributed by atoms with Gasteiger partial charge in [0.15, 0.2) is 5.65 Å². The lowest BCUT2D eigenvalue weighted by molar-refractivity contribution is 0.452. The summed E-state index contributed by atoms with van der Waals surface area (Å²) in [5.41, 5.74) is 2.46. The van der Waals surface area contributed by atoms with Crippen LogP contribution in [0.15, 0.2) is 12.1 Å². The summed E-state index contributed by atoms with van der Waals surface area (Å²) in [7, 11) is 0. The summed E-state index contributed by atoms with van der Waals surface area (Å²) in [5.74, 6) is 0.0416. The first-order valence-corrected chi connectivity index (χ1v) is 3.70. The largest absolute Gasteiger partial charge is 0.493 e. The maximum Gasteiger partial charge on any atom is 0.214 e. The first kappa shape index (κ1) is 7.09. The minimum Gasteiger partial charge on any atom is -0.493 e. The molecule has 1 N–H and O–H groups in total. The average Bonchev–Trinajstić information content (AvgIpc) is 2.29. The molecule has 62 valence electrons. The molecule has 0 bridgehead atoms. The molecule has 0 aromatic carbocycles. The van der Waals surface area contributed by atoms with Gasteiger partial charge in [0.25, 0.3) is 0 Å². The number of hydrogen-bond donors (Lipinski definition) is 1. The molecule has 2 aromatic heterocycles. The van der Waals surface area contributed by atoms with Crippen LogP contribution in [-0.4, -0.2) is 19.7 Å². The molecule has 2 rings (SSSR count). The molecule has 0 atom stereocenters. The van der Waals surface area contributed by atoms with Gasteiger partial charge in [-0.2, -0.15) is 10.1 Å². The number of aromatic hydroxyl groups is 1. The van der Waals surface area contributed by atoms with Gasteiger partial charge in [-0.1, -0.05) is 0 Å². The maximum atomic E-state index is 9.17. The van der Waals surface area contributed by atoms with Crippen LogP contribution in [0.4, 0.5) is 0 Å². The van der Waals surface area contributed by atoms with Crippen LogP contribution < -0.4 is 0 Å². The van der Waals surface area contributed by atoms with Crippen molar-refractivity contribution in [3.05, 3.63) is 23.5 Å². The SMILES string of the molecule is Cc1cc2nc(O)cc(C)n2n1. The van der Waals surface area contributed by atoms with Gasteiger partial charge in [-0.05, 0) is 13.8 Å². The maximum absolute atomic E-state index is 9.17. The van der Waals surface area contributed by atoms with E-state index in [1.165, 1.54) is 0 Å². The third kappa shape index (κ3) is 0.922. The third-order valence-corrected chi connectivity index (χ3v) is 1.71. The summed E-state index contributed by atoms with van der Waals surface area (Å²) in [6.45, 7) is 3.77. The standard InChI is InChI=1S/C8H9N3O/c1-5-3-7-9-8(12)4-6(2)11(7)10-5/h3-4H,1-2H3,(H,9,12). The first-order chi connectivity index (χ1) is 5.66. The molecule has 0 saturated heterocycles. The van der Waals surface area contributed by atoms with Gasteiger partial charge in [0, 0.05) is 17.8 Å². The topological polar surface area (TPSA) is 50.4 Å². The van der Waals surface area contributed by atoms with Gasteiger partial charge < -0.3 is 5.11 Å². The van der Waals surface area contributed by atoms with E-state index < -0.39 is 0 Å². The van der Waals surface area contributed by atoms with Crippen molar-refractivity contribution in [3.8, 4) is 5.88 Å². The Morgan fingerprint density at radius 3 is 2.83 bits per heavy atom. The number of nitrogens with zero attached hydrogens (tertiary/aromatic N) is 3. The normalized spacial score (nSPS) is 10.8. The van der Waals surface area contributed by atoms with Crippen molar-refractivity contribution in [2.75, 3.05) is 0 Å². The predicted octanol–water partition coefficient (Wildman–Crippen LogP) is 1.05. The van der Waals surface area contributed by atoms with Gasteiger partial charge in [-0.15, -0.1) is 0 Å². The summed E-state index contributed by atoms with van der Waals surface area (Å²) in [4.78, 5) is 3.91. The summed E-state index contributed by atoms with van der Waals surface area (Å²) in [6.07, 6.45) is 0. The quantitative estimate of drug-likeness (QED) is 0.631. The molecule has 0 spiro atoms. The highest BCUT2D eigenvalue weighted by Gasteiger charge is 2.02. The Morgan fingerprint density at radius 2 is 2.08 bits per heavy atom. The minimum absolute atomic E-state index is 0.0416. The lowest BCUT2D eigenvalue weighted by atomic mass is 10.4. The molecule has 0 saturated carbocycles. The molecule has 0 amide bonds. The fourth-order valence-electron chi connectivity index (χ4n) is 1.22. The molecule has 0 aliphatic carbocycles. The van der Waals surface area contributed by atoms with Gasteiger partial charge in [-0.3, -0.25) is 0 Å². The number of hydrogen-bond acceptors (Lipinski definition) is 3. The van der Waals surface area contributed by atoms with E-state index in [2.05, 4.69) is 10.1 Å². The molecule has 0 radical (unpaired) electrons. The van der Waals surface area contributed by atoms with Crippen LogP contribution in [0.1, 0.15) is 11.4 Å². The monoisotopic (exact) mass is 163 g/mol. The third-order valence-electron chi connectivity index (χ3n) is 1.71. The highest BCUT2D eigenvalue weighted by molar-refractivity contribution is 5.42. The van der Waals surface area contributed by atoms with E-state index in [-0.39, 0.29) is 5.88 Å². The van der Waals surface area contributed by atoms with E-state index in [1.807, 2.05) is 19.9 Å². The van der Waals surface area contributed by atoms with Crippen LogP contribution in [0.3, 0.4) is 0 Å². The van der Waals surface area contributed by atoms with Gasteiger partial charge in [0.05, 0.1) is 5.69 Å². The van der Waals surface area contributed by atoms with Gasteiger partial charge in [-0.25, -0.2) is 4.52 Å². The van der Waals surface area contributed by atoms with Crippen LogP contribution in [0.25, 0.3) is 5.65 Å².